The van der Waals surface area contributed by atoms with Crippen LogP contribution in [0.15, 0.2) is 18.2 Å². The standard InChI is InChI=1S/C16H26N2/c1-13-6-7-15(14(2)12-13)18-10-5-9-17-16(3,4)8-11-18/h6-7,12,17H,5,8-11H2,1-4H3. The molecule has 18 heavy (non-hydrogen) atoms. The Balaban J connectivity index is 2.15. The van der Waals surface area contributed by atoms with Crippen molar-refractivity contribution in [2.45, 2.75) is 46.1 Å². The van der Waals surface area contributed by atoms with E-state index < -0.39 is 0 Å². The van der Waals surface area contributed by atoms with Gasteiger partial charge in [-0.25, -0.2) is 0 Å². The zero-order chi connectivity index (χ0) is 13.2. The normalized spacial score (nSPS) is 20.3. The topological polar surface area (TPSA) is 15.3 Å². The van der Waals surface area contributed by atoms with Gasteiger partial charge in [-0.15, -0.1) is 0 Å². The minimum atomic E-state index is 0.261. The Bertz CT molecular complexity index is 410. The number of hydrogen-bond acceptors (Lipinski definition) is 2. The molecule has 1 aliphatic heterocycles. The first-order chi connectivity index (χ1) is 8.48. The molecule has 2 rings (SSSR count). The van der Waals surface area contributed by atoms with E-state index in [1.807, 2.05) is 0 Å². The van der Waals surface area contributed by atoms with Crippen molar-refractivity contribution in [2.24, 2.45) is 0 Å². The van der Waals surface area contributed by atoms with Crippen LogP contribution in [0.25, 0.3) is 0 Å². The number of nitrogens with zero attached hydrogens (tertiary/aromatic N) is 1. The molecule has 1 aromatic rings. The first-order valence-electron chi connectivity index (χ1n) is 7.05. The highest BCUT2D eigenvalue weighted by atomic mass is 15.1. The smallest absolute Gasteiger partial charge is 0.0396 e. The van der Waals surface area contributed by atoms with Gasteiger partial charge in [0.05, 0.1) is 0 Å². The van der Waals surface area contributed by atoms with Gasteiger partial charge in [-0.3, -0.25) is 0 Å². The van der Waals surface area contributed by atoms with E-state index in [9.17, 15) is 0 Å². The average Bonchev–Trinajstić information content (AvgIpc) is 2.27. The molecule has 2 nitrogen and oxygen atoms in total. The molecular weight excluding hydrogens is 220 g/mol. The zero-order valence-corrected chi connectivity index (χ0v) is 12.2. The van der Waals surface area contributed by atoms with Crippen LogP contribution < -0.4 is 10.2 Å². The van der Waals surface area contributed by atoms with E-state index in [-0.39, 0.29) is 5.54 Å². The van der Waals surface area contributed by atoms with Crippen molar-refractivity contribution in [3.63, 3.8) is 0 Å². The predicted octanol–water partition coefficient (Wildman–Crippen LogP) is 3.27. The zero-order valence-electron chi connectivity index (χ0n) is 12.2. The fourth-order valence-electron chi connectivity index (χ4n) is 2.71. The van der Waals surface area contributed by atoms with Gasteiger partial charge >= 0.3 is 0 Å². The summed E-state index contributed by atoms with van der Waals surface area (Å²) in [5.41, 5.74) is 4.43. The van der Waals surface area contributed by atoms with Gasteiger partial charge in [0, 0.05) is 24.3 Å². The molecule has 1 fully saturated rings. The van der Waals surface area contributed by atoms with Crippen LogP contribution in [0.1, 0.15) is 37.8 Å². The van der Waals surface area contributed by atoms with E-state index >= 15 is 0 Å². The van der Waals surface area contributed by atoms with Crippen molar-refractivity contribution in [2.75, 3.05) is 24.5 Å². The predicted molar refractivity (Wildman–Crippen MR) is 79.4 cm³/mol. The summed E-state index contributed by atoms with van der Waals surface area (Å²) in [4.78, 5) is 2.55. The van der Waals surface area contributed by atoms with Gasteiger partial charge in [0.25, 0.3) is 0 Å². The molecule has 1 aliphatic rings. The van der Waals surface area contributed by atoms with Crippen LogP contribution in [-0.2, 0) is 0 Å². The van der Waals surface area contributed by atoms with Gasteiger partial charge < -0.3 is 10.2 Å². The summed E-state index contributed by atoms with van der Waals surface area (Å²) in [6.07, 6.45) is 2.41. The Morgan fingerprint density at radius 1 is 1.17 bits per heavy atom. The summed E-state index contributed by atoms with van der Waals surface area (Å²) >= 11 is 0. The van der Waals surface area contributed by atoms with Crippen LogP contribution >= 0.6 is 0 Å². The second kappa shape index (κ2) is 5.31. The third-order valence-electron chi connectivity index (χ3n) is 3.91. The van der Waals surface area contributed by atoms with Crippen LogP contribution in [0, 0.1) is 13.8 Å². The Morgan fingerprint density at radius 3 is 2.67 bits per heavy atom. The Labute approximate surface area is 111 Å². The highest BCUT2D eigenvalue weighted by Gasteiger charge is 2.21. The molecule has 0 aromatic heterocycles. The lowest BCUT2D eigenvalue weighted by molar-refractivity contribution is 0.346. The number of aryl methyl sites for hydroxylation is 2. The summed E-state index contributed by atoms with van der Waals surface area (Å²) < 4.78 is 0. The van der Waals surface area contributed by atoms with Gasteiger partial charge in [0.15, 0.2) is 0 Å². The quantitative estimate of drug-likeness (QED) is 0.818. The molecule has 0 bridgehead atoms. The molecular formula is C16H26N2. The highest BCUT2D eigenvalue weighted by molar-refractivity contribution is 5.54. The molecule has 2 heteroatoms. The van der Waals surface area contributed by atoms with Gasteiger partial charge in [0.1, 0.15) is 0 Å². The van der Waals surface area contributed by atoms with Crippen molar-refractivity contribution in [1.29, 1.82) is 0 Å². The Morgan fingerprint density at radius 2 is 1.94 bits per heavy atom. The molecule has 1 N–H and O–H groups in total. The third kappa shape index (κ3) is 3.26. The van der Waals surface area contributed by atoms with Gasteiger partial charge in [-0.05, 0) is 58.7 Å². The van der Waals surface area contributed by atoms with E-state index in [0.29, 0.717) is 0 Å². The van der Waals surface area contributed by atoms with Crippen molar-refractivity contribution in [1.82, 2.24) is 5.32 Å². The van der Waals surface area contributed by atoms with Crippen LogP contribution in [0.5, 0.6) is 0 Å². The highest BCUT2D eigenvalue weighted by Crippen LogP contribution is 2.24. The molecule has 0 atom stereocenters. The van der Waals surface area contributed by atoms with E-state index in [4.69, 9.17) is 0 Å². The summed E-state index contributed by atoms with van der Waals surface area (Å²) in [7, 11) is 0. The van der Waals surface area contributed by atoms with Crippen molar-refractivity contribution >= 4 is 5.69 Å². The average molecular weight is 246 g/mol. The van der Waals surface area contributed by atoms with Crippen molar-refractivity contribution in [3.05, 3.63) is 29.3 Å². The molecule has 0 aliphatic carbocycles. The number of anilines is 1. The van der Waals surface area contributed by atoms with Crippen molar-refractivity contribution < 1.29 is 0 Å². The lowest BCUT2D eigenvalue weighted by Crippen LogP contribution is -2.46. The van der Waals surface area contributed by atoms with E-state index in [1.165, 1.54) is 29.7 Å². The summed E-state index contributed by atoms with van der Waals surface area (Å²) in [5.74, 6) is 0. The first-order valence-corrected chi connectivity index (χ1v) is 7.05. The molecule has 100 valence electrons. The van der Waals surface area contributed by atoms with E-state index in [0.717, 1.165) is 19.6 Å². The van der Waals surface area contributed by atoms with E-state index in [2.05, 4.69) is 56.1 Å². The molecule has 1 heterocycles. The van der Waals surface area contributed by atoms with Crippen molar-refractivity contribution in [3.8, 4) is 0 Å². The summed E-state index contributed by atoms with van der Waals surface area (Å²) in [5, 5.41) is 3.63. The largest absolute Gasteiger partial charge is 0.371 e. The van der Waals surface area contributed by atoms with Crippen LogP contribution in [0.4, 0.5) is 5.69 Å². The summed E-state index contributed by atoms with van der Waals surface area (Å²) in [6.45, 7) is 12.4. The maximum atomic E-state index is 3.63. The van der Waals surface area contributed by atoms with E-state index in [1.54, 1.807) is 0 Å². The fraction of sp³-hybridized carbons (Fsp3) is 0.625. The third-order valence-corrected chi connectivity index (χ3v) is 3.91. The summed E-state index contributed by atoms with van der Waals surface area (Å²) in [6, 6.07) is 6.80. The van der Waals surface area contributed by atoms with Crippen LogP contribution in [0.2, 0.25) is 0 Å². The Kier molecular flexibility index (Phi) is 3.96. The molecule has 1 aromatic carbocycles. The SMILES string of the molecule is Cc1ccc(N2CCCNC(C)(C)CC2)c(C)c1. The lowest BCUT2D eigenvalue weighted by Gasteiger charge is -2.35. The van der Waals surface area contributed by atoms with Crippen LogP contribution in [-0.4, -0.2) is 25.2 Å². The molecule has 0 radical (unpaired) electrons. The maximum absolute atomic E-state index is 3.63. The van der Waals surface area contributed by atoms with Gasteiger partial charge in [-0.1, -0.05) is 17.7 Å². The lowest BCUT2D eigenvalue weighted by atomic mass is 9.98. The molecule has 0 amide bonds. The number of hydrogen-bond donors (Lipinski definition) is 1. The number of nitrogens with one attached hydrogen (secondary N) is 1. The van der Waals surface area contributed by atoms with Gasteiger partial charge in [0.2, 0.25) is 0 Å². The molecule has 0 saturated carbocycles. The number of benzene rings is 1. The minimum Gasteiger partial charge on any atom is -0.371 e. The molecule has 0 unspecified atom stereocenters. The second-order valence-electron chi connectivity index (χ2n) is 6.19. The van der Waals surface area contributed by atoms with Gasteiger partial charge in [-0.2, -0.15) is 0 Å². The number of rotatable bonds is 1. The Hall–Kier alpha value is -1.02. The fourth-order valence-corrected chi connectivity index (χ4v) is 2.71. The first kappa shape index (κ1) is 13.4. The minimum absolute atomic E-state index is 0.261. The van der Waals surface area contributed by atoms with Crippen LogP contribution in [0.3, 0.4) is 0 Å². The molecule has 1 saturated heterocycles. The maximum Gasteiger partial charge on any atom is 0.0396 e. The monoisotopic (exact) mass is 246 g/mol. The second-order valence-corrected chi connectivity index (χ2v) is 6.19. The molecule has 0 spiro atoms.